The minimum atomic E-state index is -0.0944. The molecule has 0 radical (unpaired) electrons. The highest BCUT2D eigenvalue weighted by Crippen LogP contribution is 2.22. The standard InChI is InChI=1S/C10H18N2O2/c1-7(13)6-12-10(14)8-4-2-3-5-9(8)11/h8-9H,2-6,11H2,1H3,(H,12,14)/t8-,9+/m1/s1. The van der Waals surface area contributed by atoms with Gasteiger partial charge in [0.1, 0.15) is 5.78 Å². The molecule has 3 N–H and O–H groups in total. The lowest BCUT2D eigenvalue weighted by molar-refractivity contribution is -0.128. The zero-order valence-corrected chi connectivity index (χ0v) is 8.58. The number of hydrogen-bond donors (Lipinski definition) is 2. The van der Waals surface area contributed by atoms with Crippen molar-refractivity contribution < 1.29 is 9.59 Å². The Morgan fingerprint density at radius 2 is 2.00 bits per heavy atom. The van der Waals surface area contributed by atoms with Gasteiger partial charge in [-0.15, -0.1) is 0 Å². The van der Waals surface area contributed by atoms with Crippen LogP contribution in [0.2, 0.25) is 0 Å². The van der Waals surface area contributed by atoms with E-state index in [-0.39, 0.29) is 30.2 Å². The van der Waals surface area contributed by atoms with Crippen molar-refractivity contribution in [2.45, 2.75) is 38.6 Å². The molecule has 1 aliphatic carbocycles. The van der Waals surface area contributed by atoms with E-state index in [1.54, 1.807) is 0 Å². The van der Waals surface area contributed by atoms with Gasteiger partial charge in [0.2, 0.25) is 5.91 Å². The highest BCUT2D eigenvalue weighted by Gasteiger charge is 2.27. The molecule has 0 aromatic carbocycles. The molecular formula is C10H18N2O2. The Morgan fingerprint density at radius 1 is 1.36 bits per heavy atom. The second-order valence-electron chi connectivity index (χ2n) is 3.97. The quantitative estimate of drug-likeness (QED) is 0.681. The molecule has 1 rings (SSSR count). The molecule has 1 amide bonds. The monoisotopic (exact) mass is 198 g/mol. The number of carbonyl (C=O) groups is 2. The number of nitrogens with one attached hydrogen (secondary N) is 1. The van der Waals surface area contributed by atoms with E-state index in [1.807, 2.05) is 0 Å². The van der Waals surface area contributed by atoms with Crippen LogP contribution in [-0.4, -0.2) is 24.3 Å². The van der Waals surface area contributed by atoms with Crippen LogP contribution >= 0.6 is 0 Å². The minimum absolute atomic E-state index is 0.0252. The minimum Gasteiger partial charge on any atom is -0.349 e. The van der Waals surface area contributed by atoms with Crippen LogP contribution in [0.15, 0.2) is 0 Å². The third-order valence-corrected chi connectivity index (χ3v) is 2.67. The molecule has 4 heteroatoms. The van der Waals surface area contributed by atoms with Crippen LogP contribution in [0, 0.1) is 5.92 Å². The predicted octanol–water partition coefficient (Wildman–Crippen LogP) is 0.209. The van der Waals surface area contributed by atoms with Crippen LogP contribution in [0.4, 0.5) is 0 Å². The van der Waals surface area contributed by atoms with Gasteiger partial charge < -0.3 is 11.1 Å². The van der Waals surface area contributed by atoms with Gasteiger partial charge in [-0.1, -0.05) is 12.8 Å². The number of Topliss-reactive ketones (excluding diaryl/α,β-unsaturated/α-hetero) is 1. The van der Waals surface area contributed by atoms with E-state index < -0.39 is 0 Å². The molecule has 2 atom stereocenters. The fourth-order valence-corrected chi connectivity index (χ4v) is 1.83. The van der Waals surface area contributed by atoms with Crippen molar-refractivity contribution in [3.05, 3.63) is 0 Å². The summed E-state index contributed by atoms with van der Waals surface area (Å²) in [5, 5.41) is 2.61. The third kappa shape index (κ3) is 3.10. The maximum Gasteiger partial charge on any atom is 0.225 e. The zero-order chi connectivity index (χ0) is 10.6. The maximum absolute atomic E-state index is 11.6. The molecule has 80 valence electrons. The second-order valence-corrected chi connectivity index (χ2v) is 3.97. The van der Waals surface area contributed by atoms with Crippen molar-refractivity contribution in [2.75, 3.05) is 6.54 Å². The second kappa shape index (κ2) is 5.10. The molecule has 0 bridgehead atoms. The number of nitrogens with two attached hydrogens (primary N) is 1. The van der Waals surface area contributed by atoms with Gasteiger partial charge >= 0.3 is 0 Å². The first kappa shape index (κ1) is 11.2. The van der Waals surface area contributed by atoms with Crippen LogP contribution in [0.25, 0.3) is 0 Å². The SMILES string of the molecule is CC(=O)CNC(=O)[C@@H]1CCCC[C@@H]1N. The molecule has 0 unspecified atom stereocenters. The van der Waals surface area contributed by atoms with Crippen LogP contribution in [0.1, 0.15) is 32.6 Å². The molecule has 4 nitrogen and oxygen atoms in total. The number of ketones is 1. The summed E-state index contributed by atoms with van der Waals surface area (Å²) in [5.41, 5.74) is 5.84. The van der Waals surface area contributed by atoms with Crippen LogP contribution < -0.4 is 11.1 Å². The molecular weight excluding hydrogens is 180 g/mol. The predicted molar refractivity (Wildman–Crippen MR) is 53.6 cm³/mol. The molecule has 0 saturated heterocycles. The fraction of sp³-hybridized carbons (Fsp3) is 0.800. The topological polar surface area (TPSA) is 72.2 Å². The van der Waals surface area contributed by atoms with E-state index in [4.69, 9.17) is 5.73 Å². The molecule has 14 heavy (non-hydrogen) atoms. The van der Waals surface area contributed by atoms with E-state index in [0.29, 0.717) is 0 Å². The Morgan fingerprint density at radius 3 is 2.57 bits per heavy atom. The number of carbonyl (C=O) groups excluding carboxylic acids is 2. The lowest BCUT2D eigenvalue weighted by Crippen LogP contribution is -2.44. The van der Waals surface area contributed by atoms with E-state index in [1.165, 1.54) is 6.92 Å². The van der Waals surface area contributed by atoms with Gasteiger partial charge in [-0.3, -0.25) is 9.59 Å². The maximum atomic E-state index is 11.6. The first-order valence-corrected chi connectivity index (χ1v) is 5.14. The molecule has 0 aromatic rings. The number of amides is 1. The summed E-state index contributed by atoms with van der Waals surface area (Å²) in [7, 11) is 0. The van der Waals surface area contributed by atoms with Gasteiger partial charge in [0.15, 0.2) is 0 Å². The average molecular weight is 198 g/mol. The highest BCUT2D eigenvalue weighted by atomic mass is 16.2. The Hall–Kier alpha value is -0.900. The Kier molecular flexibility index (Phi) is 4.07. The lowest BCUT2D eigenvalue weighted by Gasteiger charge is -2.27. The summed E-state index contributed by atoms with van der Waals surface area (Å²) in [6.45, 7) is 1.59. The van der Waals surface area contributed by atoms with E-state index in [0.717, 1.165) is 25.7 Å². The summed E-state index contributed by atoms with van der Waals surface area (Å²) in [5.74, 6) is -0.182. The largest absolute Gasteiger partial charge is 0.349 e. The van der Waals surface area contributed by atoms with Gasteiger partial charge in [0.25, 0.3) is 0 Å². The van der Waals surface area contributed by atoms with Crippen LogP contribution in [0.3, 0.4) is 0 Å². The summed E-state index contributed by atoms with van der Waals surface area (Å²) in [6.07, 6.45) is 3.94. The third-order valence-electron chi connectivity index (χ3n) is 2.67. The summed E-state index contributed by atoms with van der Waals surface area (Å²) >= 11 is 0. The first-order chi connectivity index (χ1) is 6.61. The summed E-state index contributed by atoms with van der Waals surface area (Å²) < 4.78 is 0. The normalized spacial score (nSPS) is 27.0. The van der Waals surface area contributed by atoms with Crippen molar-refractivity contribution in [1.82, 2.24) is 5.32 Å². The van der Waals surface area contributed by atoms with Gasteiger partial charge in [-0.25, -0.2) is 0 Å². The molecule has 1 saturated carbocycles. The van der Waals surface area contributed by atoms with E-state index >= 15 is 0 Å². The smallest absolute Gasteiger partial charge is 0.225 e. The van der Waals surface area contributed by atoms with Gasteiger partial charge in [0.05, 0.1) is 12.5 Å². The van der Waals surface area contributed by atoms with Gasteiger partial charge in [-0.2, -0.15) is 0 Å². The molecule has 0 heterocycles. The van der Waals surface area contributed by atoms with Crippen molar-refractivity contribution in [3.8, 4) is 0 Å². The molecule has 1 aliphatic rings. The summed E-state index contributed by atoms with van der Waals surface area (Å²) in [6, 6.07) is -0.0318. The lowest BCUT2D eigenvalue weighted by atomic mass is 9.84. The zero-order valence-electron chi connectivity index (χ0n) is 8.58. The molecule has 0 aliphatic heterocycles. The fourth-order valence-electron chi connectivity index (χ4n) is 1.83. The van der Waals surface area contributed by atoms with E-state index in [9.17, 15) is 9.59 Å². The first-order valence-electron chi connectivity index (χ1n) is 5.14. The van der Waals surface area contributed by atoms with Crippen molar-refractivity contribution in [3.63, 3.8) is 0 Å². The van der Waals surface area contributed by atoms with E-state index in [2.05, 4.69) is 5.32 Å². The molecule has 0 spiro atoms. The Labute approximate surface area is 84.2 Å². The Balaban J connectivity index is 2.38. The van der Waals surface area contributed by atoms with Crippen molar-refractivity contribution in [2.24, 2.45) is 11.7 Å². The van der Waals surface area contributed by atoms with Crippen molar-refractivity contribution >= 4 is 11.7 Å². The molecule has 1 fully saturated rings. The van der Waals surface area contributed by atoms with Gasteiger partial charge in [-0.05, 0) is 19.8 Å². The van der Waals surface area contributed by atoms with Crippen LogP contribution in [-0.2, 0) is 9.59 Å². The number of rotatable bonds is 3. The van der Waals surface area contributed by atoms with Crippen molar-refractivity contribution in [1.29, 1.82) is 0 Å². The number of hydrogen-bond acceptors (Lipinski definition) is 3. The Bertz CT molecular complexity index is 228. The molecule has 0 aromatic heterocycles. The van der Waals surface area contributed by atoms with Gasteiger partial charge in [0, 0.05) is 6.04 Å². The summed E-state index contributed by atoms with van der Waals surface area (Å²) in [4.78, 5) is 22.2. The average Bonchev–Trinajstić information content (AvgIpc) is 2.15. The van der Waals surface area contributed by atoms with Crippen LogP contribution in [0.5, 0.6) is 0 Å². The highest BCUT2D eigenvalue weighted by molar-refractivity contribution is 5.86.